The fourth-order valence-electron chi connectivity index (χ4n) is 9.63. The van der Waals surface area contributed by atoms with E-state index in [4.69, 9.17) is 23.2 Å². The number of ketones is 1. The molecule has 2 saturated heterocycles. The fraction of sp³-hybridized carbons (Fsp3) is 0.654. The van der Waals surface area contributed by atoms with Gasteiger partial charge in [0.25, 0.3) is 0 Å². The fourth-order valence-corrected chi connectivity index (χ4v) is 9.63. The number of hydrogen-bond donors (Lipinski definition) is 3. The maximum Gasteiger partial charge on any atom is 1.00 e. The number of alkyl halides is 2. The van der Waals surface area contributed by atoms with Gasteiger partial charge in [0.2, 0.25) is 17.8 Å². The van der Waals surface area contributed by atoms with E-state index in [0.717, 1.165) is 95.7 Å². The van der Waals surface area contributed by atoms with Gasteiger partial charge >= 0.3 is 41.5 Å². The number of nitrogens with one attached hydrogen (secondary N) is 3. The van der Waals surface area contributed by atoms with Crippen molar-refractivity contribution in [3.8, 4) is 0 Å². The van der Waals surface area contributed by atoms with E-state index in [-0.39, 0.29) is 67.1 Å². The molecule has 4 fully saturated rings. The van der Waals surface area contributed by atoms with Crippen molar-refractivity contribution in [1.82, 2.24) is 10.2 Å². The maximum absolute atomic E-state index is 12.1. The van der Waals surface area contributed by atoms with Crippen LogP contribution in [-0.4, -0.2) is 92.4 Å². The van der Waals surface area contributed by atoms with Crippen molar-refractivity contribution in [3.05, 3.63) is 59.7 Å². The number of para-hydroxylation sites is 2. The Bertz CT molecular complexity index is 1800. The van der Waals surface area contributed by atoms with Crippen LogP contribution in [0, 0.1) is 0 Å². The van der Waals surface area contributed by atoms with Gasteiger partial charge in [0.1, 0.15) is 5.78 Å². The number of hydrogen-bond acceptors (Lipinski definition) is 11. The van der Waals surface area contributed by atoms with Crippen molar-refractivity contribution in [2.24, 2.45) is 0 Å². The Balaban J connectivity index is 0.000000898. The topological polar surface area (TPSA) is 169 Å². The molecular weight excluding hydrogens is 929 g/mol. The Labute approximate surface area is 447 Å². The molecular formula is C52H81BCl2N4NaO9. The van der Waals surface area contributed by atoms with Crippen LogP contribution in [0.25, 0.3) is 0 Å². The smallest absolute Gasteiger partial charge is 0.793 e. The second-order valence-corrected chi connectivity index (χ2v) is 18.5. The number of benzene rings is 2. The zero-order valence-corrected chi connectivity index (χ0v) is 44.0. The Morgan fingerprint density at radius 2 is 1.00 bits per heavy atom. The van der Waals surface area contributed by atoms with Crippen LogP contribution in [0.2, 0.25) is 0 Å². The Morgan fingerprint density at radius 1 is 0.609 bits per heavy atom. The molecule has 3 N–H and O–H groups in total. The number of halogens is 2. The summed E-state index contributed by atoms with van der Waals surface area (Å²) in [6.45, 7) is 8.04. The average Bonchev–Trinajstić information content (AvgIpc) is 3.85. The van der Waals surface area contributed by atoms with Crippen LogP contribution in [0.3, 0.4) is 0 Å². The van der Waals surface area contributed by atoms with Gasteiger partial charge in [-0.2, -0.15) is 0 Å². The predicted octanol–water partition coefficient (Wildman–Crippen LogP) is 7.83. The number of anilines is 2. The molecule has 17 heteroatoms. The van der Waals surface area contributed by atoms with Gasteiger partial charge < -0.3 is 33.6 Å². The minimum atomic E-state index is -0.639. The third-order valence-corrected chi connectivity index (χ3v) is 13.6. The third-order valence-electron chi connectivity index (χ3n) is 13.0. The summed E-state index contributed by atoms with van der Waals surface area (Å²) in [5.74, 6) is 0.189. The average molecular weight is 1010 g/mol. The van der Waals surface area contributed by atoms with Crippen LogP contribution in [0.4, 0.5) is 11.4 Å². The van der Waals surface area contributed by atoms with Crippen LogP contribution >= 0.6 is 23.2 Å². The molecule has 2 aliphatic carbocycles. The largest absolute Gasteiger partial charge is 1.00 e. The first-order valence-corrected chi connectivity index (χ1v) is 24.9. The van der Waals surface area contributed by atoms with Crippen molar-refractivity contribution in [2.75, 3.05) is 48.6 Å². The van der Waals surface area contributed by atoms with Crippen molar-refractivity contribution in [1.29, 1.82) is 0 Å². The normalized spacial score (nSPS) is 19.0. The van der Waals surface area contributed by atoms with E-state index in [1.807, 2.05) is 18.2 Å². The number of fused-ring (bicyclic) bond motifs is 4. The van der Waals surface area contributed by atoms with Gasteiger partial charge in [-0.25, -0.2) is 19.4 Å². The molecule has 8 rings (SSSR count). The van der Waals surface area contributed by atoms with Crippen molar-refractivity contribution < 1.29 is 72.8 Å². The van der Waals surface area contributed by atoms with E-state index < -0.39 is 17.9 Å². The SMILES string of the molecule is C.C.CC(=O)OOC(C)=O.ClCCCl.O=C1CCC2(CCN(C3CCCCCC3)CC2)c2ccccc2N1.O=C1CCC2(CCNCC2)c2ccccc2N1.O=C1CCCCCC1.[B-]OC(C)=O.[Na+]. The molecule has 0 aromatic heterocycles. The second-order valence-electron chi connectivity index (χ2n) is 17.8. The summed E-state index contributed by atoms with van der Waals surface area (Å²) in [7, 11) is 4.32. The number of nitrogens with zero attached hydrogens (tertiary/aromatic N) is 1. The molecule has 2 amide bonds. The van der Waals surface area contributed by atoms with Gasteiger partial charge in [-0.15, -0.1) is 23.2 Å². The van der Waals surface area contributed by atoms with Gasteiger partial charge in [-0.3, -0.25) is 19.2 Å². The monoisotopic (exact) mass is 1010 g/mol. The molecule has 3 radical (unpaired) electrons. The van der Waals surface area contributed by atoms with Crippen LogP contribution in [0.5, 0.6) is 0 Å². The summed E-state index contributed by atoms with van der Waals surface area (Å²) in [6.07, 6.45) is 23.0. The van der Waals surface area contributed by atoms with Crippen LogP contribution in [-0.2, 0) is 54.0 Å². The number of carbonyl (C=O) groups is 6. The molecule has 2 aromatic carbocycles. The first-order chi connectivity index (χ1) is 31.8. The zero-order chi connectivity index (χ0) is 48.2. The minimum absolute atomic E-state index is 0. The molecule has 2 aromatic rings. The van der Waals surface area contributed by atoms with E-state index in [2.05, 4.69) is 73.7 Å². The quantitative estimate of drug-likeness (QED) is 0.0882. The van der Waals surface area contributed by atoms with Crippen LogP contribution < -0.4 is 45.5 Å². The van der Waals surface area contributed by atoms with Crippen molar-refractivity contribution in [2.45, 2.75) is 181 Å². The van der Waals surface area contributed by atoms with Crippen molar-refractivity contribution in [3.63, 3.8) is 0 Å². The van der Waals surface area contributed by atoms with E-state index in [1.165, 1.54) is 95.3 Å². The molecule has 381 valence electrons. The molecule has 4 heterocycles. The number of likely N-dealkylation sites (tertiary alicyclic amines) is 1. The molecule has 0 atom stereocenters. The number of carbonyl (C=O) groups excluding carboxylic acids is 6. The number of amides is 2. The summed E-state index contributed by atoms with van der Waals surface area (Å²) < 4.78 is 3.61. The maximum atomic E-state index is 12.1. The first-order valence-electron chi connectivity index (χ1n) is 23.9. The number of Topliss-reactive ketones (excluding diaryl/α,β-unsaturated/α-hetero) is 1. The molecule has 13 nitrogen and oxygen atoms in total. The van der Waals surface area contributed by atoms with Gasteiger partial charge in [0.05, 0.1) is 0 Å². The summed E-state index contributed by atoms with van der Waals surface area (Å²) in [4.78, 5) is 74.1. The molecule has 0 unspecified atom stereocenters. The third kappa shape index (κ3) is 24.3. The van der Waals surface area contributed by atoms with Crippen molar-refractivity contribution >= 4 is 78.1 Å². The van der Waals surface area contributed by atoms with E-state index in [0.29, 0.717) is 30.4 Å². The summed E-state index contributed by atoms with van der Waals surface area (Å²) >= 11 is 10.1. The molecule has 2 saturated carbocycles. The Morgan fingerprint density at radius 3 is 1.39 bits per heavy atom. The first kappa shape index (κ1) is 66.0. The zero-order valence-electron chi connectivity index (χ0n) is 40.5. The second kappa shape index (κ2) is 36.9. The van der Waals surface area contributed by atoms with E-state index in [9.17, 15) is 28.8 Å². The summed E-state index contributed by atoms with van der Waals surface area (Å²) in [5.41, 5.74) is 5.22. The Kier molecular flexibility index (Phi) is 35.3. The molecule has 69 heavy (non-hydrogen) atoms. The number of piperidine rings is 2. The number of rotatable bonds is 2. The summed E-state index contributed by atoms with van der Waals surface area (Å²) in [5, 5.41) is 9.57. The van der Waals surface area contributed by atoms with Gasteiger partial charge in [0, 0.05) is 86.5 Å². The van der Waals surface area contributed by atoms with Crippen LogP contribution in [0.15, 0.2) is 48.5 Å². The van der Waals surface area contributed by atoms with Gasteiger partial charge in [0.15, 0.2) is 0 Å². The van der Waals surface area contributed by atoms with E-state index in [1.54, 1.807) is 0 Å². The Hall–Kier alpha value is -2.98. The summed E-state index contributed by atoms with van der Waals surface area (Å²) in [6, 6.07) is 17.6. The minimum Gasteiger partial charge on any atom is -0.793 e. The molecule has 0 bridgehead atoms. The van der Waals surface area contributed by atoms with Gasteiger partial charge in [-0.05, 0) is 114 Å². The molecule has 2 spiro atoms. The molecule has 4 aliphatic heterocycles. The predicted molar refractivity (Wildman–Crippen MR) is 275 cm³/mol. The van der Waals surface area contributed by atoms with E-state index >= 15 is 0 Å². The van der Waals surface area contributed by atoms with Gasteiger partial charge in [-0.1, -0.05) is 89.8 Å². The standard InChI is InChI=1S/C21H30N2O.C14H18N2O.C7H12O.C4H6O4.C2H3BO2.C2H4Cl2.2CH4.Na/c24-20-11-12-21(18-9-5-6-10-19(18)22-20)13-15-23(16-14-21)17-7-3-1-2-4-8-17;17-13-5-6-14(7-9-15-10-8-14)11-3-1-2-4-12(11)16-13;8-7-5-3-1-2-4-6-7;1-3(5)7-8-4(2)6;1-2(4)5-3;3-1-2-4;;;/h5-6,9-10,17H,1-4,7-8,11-16H2,(H,22,24);1-4,15H,5-10H2,(H,16,17);1-6H2;1-2H3;1H3;1-2H2;2*1H4;/q;;;;-1;;;;+1. The van der Waals surface area contributed by atoms with Crippen LogP contribution in [0.1, 0.15) is 175 Å². The molecule has 6 aliphatic rings.